The first-order chi connectivity index (χ1) is 11.2. The summed E-state index contributed by atoms with van der Waals surface area (Å²) < 4.78 is 1.82. The van der Waals surface area contributed by atoms with Crippen molar-refractivity contribution in [1.82, 2.24) is 19.6 Å². The zero-order valence-electron chi connectivity index (χ0n) is 13.4. The minimum atomic E-state index is 0.183. The van der Waals surface area contributed by atoms with Crippen LogP contribution >= 0.6 is 11.3 Å². The number of nitrogens with zero attached hydrogens (tertiary/aromatic N) is 4. The zero-order valence-corrected chi connectivity index (χ0v) is 14.2. The molecule has 1 saturated carbocycles. The second-order valence-electron chi connectivity index (χ2n) is 6.63. The molecule has 0 aromatic carbocycles. The van der Waals surface area contributed by atoms with Crippen LogP contribution in [0.2, 0.25) is 0 Å². The Morgan fingerprint density at radius 2 is 2.17 bits per heavy atom. The quantitative estimate of drug-likeness (QED) is 0.860. The van der Waals surface area contributed by atoms with E-state index in [1.807, 2.05) is 24.1 Å². The highest BCUT2D eigenvalue weighted by molar-refractivity contribution is 7.07. The monoisotopic (exact) mass is 330 g/mol. The van der Waals surface area contributed by atoms with Gasteiger partial charge < -0.3 is 4.90 Å². The molecule has 6 heteroatoms. The summed E-state index contributed by atoms with van der Waals surface area (Å²) in [5, 5.41) is 8.55. The van der Waals surface area contributed by atoms with E-state index in [2.05, 4.69) is 31.7 Å². The molecule has 2 aromatic heterocycles. The van der Waals surface area contributed by atoms with Crippen LogP contribution in [0.4, 0.5) is 0 Å². The molecule has 5 nitrogen and oxygen atoms in total. The van der Waals surface area contributed by atoms with E-state index in [0.29, 0.717) is 11.8 Å². The Labute approximate surface area is 140 Å². The first-order valence-electron chi connectivity index (χ1n) is 8.21. The molecule has 3 heterocycles. The summed E-state index contributed by atoms with van der Waals surface area (Å²) in [4.78, 5) is 17.2. The van der Waals surface area contributed by atoms with E-state index >= 15 is 0 Å². The van der Waals surface area contributed by atoms with E-state index in [0.717, 1.165) is 39.1 Å². The lowest BCUT2D eigenvalue weighted by molar-refractivity contribution is -0.134. The standard InChI is InChI=1S/C17H22N4OS/c1-19-11-14(9-18-19)15-8-16(15)17(22)21-5-3-20(4-6-21)10-13-2-7-23-12-13/h2,7,9,11-12,15-16H,3-6,8,10H2,1H3/t15-,16+/m1/s1. The molecule has 2 aliphatic rings. The molecule has 0 unspecified atom stereocenters. The molecule has 1 saturated heterocycles. The van der Waals surface area contributed by atoms with Crippen molar-refractivity contribution < 1.29 is 4.79 Å². The average molecular weight is 330 g/mol. The topological polar surface area (TPSA) is 41.4 Å². The molecule has 0 radical (unpaired) electrons. The van der Waals surface area contributed by atoms with Gasteiger partial charge in [-0.25, -0.2) is 0 Å². The number of carbonyl (C=O) groups is 1. The number of piperazine rings is 1. The molecule has 0 spiro atoms. The molecule has 122 valence electrons. The van der Waals surface area contributed by atoms with Crippen LogP contribution < -0.4 is 0 Å². The molecule has 1 amide bonds. The van der Waals surface area contributed by atoms with E-state index in [1.54, 1.807) is 11.3 Å². The molecular formula is C17H22N4OS. The van der Waals surface area contributed by atoms with Crippen LogP contribution in [0.15, 0.2) is 29.2 Å². The number of carbonyl (C=O) groups excluding carboxylic acids is 1. The van der Waals surface area contributed by atoms with Crippen molar-refractivity contribution in [3.63, 3.8) is 0 Å². The van der Waals surface area contributed by atoms with E-state index in [4.69, 9.17) is 0 Å². The Morgan fingerprint density at radius 3 is 2.83 bits per heavy atom. The normalized spacial score (nSPS) is 24.8. The average Bonchev–Trinajstić information content (AvgIpc) is 2.96. The fourth-order valence-corrected chi connectivity index (χ4v) is 4.13. The van der Waals surface area contributed by atoms with Crippen molar-refractivity contribution in [1.29, 1.82) is 0 Å². The molecule has 1 aliphatic heterocycles. The van der Waals surface area contributed by atoms with Gasteiger partial charge in [0, 0.05) is 51.9 Å². The molecule has 2 fully saturated rings. The van der Waals surface area contributed by atoms with Crippen LogP contribution in [0.25, 0.3) is 0 Å². The zero-order chi connectivity index (χ0) is 15.8. The van der Waals surface area contributed by atoms with Gasteiger partial charge in [0.25, 0.3) is 0 Å². The van der Waals surface area contributed by atoms with Crippen LogP contribution in [0.3, 0.4) is 0 Å². The van der Waals surface area contributed by atoms with Crippen LogP contribution in [0, 0.1) is 5.92 Å². The highest BCUT2D eigenvalue weighted by Crippen LogP contribution is 2.48. The van der Waals surface area contributed by atoms with E-state index in [9.17, 15) is 4.79 Å². The number of hydrogen-bond acceptors (Lipinski definition) is 4. The van der Waals surface area contributed by atoms with Crippen molar-refractivity contribution >= 4 is 17.2 Å². The summed E-state index contributed by atoms with van der Waals surface area (Å²) in [5.41, 5.74) is 2.59. The Morgan fingerprint density at radius 1 is 1.35 bits per heavy atom. The van der Waals surface area contributed by atoms with Crippen molar-refractivity contribution in [2.45, 2.75) is 18.9 Å². The highest BCUT2D eigenvalue weighted by atomic mass is 32.1. The predicted octanol–water partition coefficient (Wildman–Crippen LogP) is 1.93. The van der Waals surface area contributed by atoms with Gasteiger partial charge in [-0.05, 0) is 40.3 Å². The van der Waals surface area contributed by atoms with E-state index < -0.39 is 0 Å². The smallest absolute Gasteiger partial charge is 0.226 e. The van der Waals surface area contributed by atoms with Gasteiger partial charge in [0.15, 0.2) is 0 Å². The maximum atomic E-state index is 12.7. The summed E-state index contributed by atoms with van der Waals surface area (Å²) in [6.07, 6.45) is 4.92. The number of rotatable bonds is 4. The maximum absolute atomic E-state index is 12.7. The SMILES string of the molecule is Cn1cc([C@H]2C[C@@H]2C(=O)N2CCN(Cc3ccsc3)CC2)cn1. The Kier molecular flexibility index (Phi) is 3.95. The third kappa shape index (κ3) is 3.19. The van der Waals surface area contributed by atoms with Gasteiger partial charge in [0.2, 0.25) is 5.91 Å². The van der Waals surface area contributed by atoms with Gasteiger partial charge in [-0.1, -0.05) is 0 Å². The second kappa shape index (κ2) is 6.09. The number of hydrogen-bond donors (Lipinski definition) is 0. The summed E-state index contributed by atoms with van der Waals surface area (Å²) >= 11 is 1.75. The van der Waals surface area contributed by atoms with E-state index in [1.165, 1.54) is 11.1 Å². The van der Waals surface area contributed by atoms with Crippen molar-refractivity contribution in [3.05, 3.63) is 40.3 Å². The predicted molar refractivity (Wildman–Crippen MR) is 90.2 cm³/mol. The van der Waals surface area contributed by atoms with Gasteiger partial charge in [0.05, 0.1) is 6.20 Å². The number of thiophene rings is 1. The molecule has 0 N–H and O–H groups in total. The van der Waals surface area contributed by atoms with E-state index in [-0.39, 0.29) is 5.92 Å². The summed E-state index contributed by atoms with van der Waals surface area (Å²) in [6, 6.07) is 2.19. The minimum Gasteiger partial charge on any atom is -0.340 e. The number of amides is 1. The van der Waals surface area contributed by atoms with Crippen LogP contribution in [-0.4, -0.2) is 51.7 Å². The summed E-state index contributed by atoms with van der Waals surface area (Å²) in [7, 11) is 1.93. The van der Waals surface area contributed by atoms with Crippen molar-refractivity contribution in [3.8, 4) is 0 Å². The van der Waals surface area contributed by atoms with Crippen LogP contribution in [0.5, 0.6) is 0 Å². The highest BCUT2D eigenvalue weighted by Gasteiger charge is 2.46. The third-order valence-corrected chi connectivity index (χ3v) is 5.66. The molecule has 2 aromatic rings. The fraction of sp³-hybridized carbons (Fsp3) is 0.529. The Balaban J connectivity index is 1.28. The molecule has 2 atom stereocenters. The lowest BCUT2D eigenvalue weighted by Crippen LogP contribution is -2.48. The lowest BCUT2D eigenvalue weighted by Gasteiger charge is -2.34. The summed E-state index contributed by atoms with van der Waals surface area (Å²) in [6.45, 7) is 4.68. The largest absolute Gasteiger partial charge is 0.340 e. The Bertz CT molecular complexity index is 673. The lowest BCUT2D eigenvalue weighted by atomic mass is 10.1. The minimum absolute atomic E-state index is 0.183. The third-order valence-electron chi connectivity index (χ3n) is 4.93. The number of aryl methyl sites for hydroxylation is 1. The van der Waals surface area contributed by atoms with Gasteiger partial charge >= 0.3 is 0 Å². The number of aromatic nitrogens is 2. The van der Waals surface area contributed by atoms with Crippen molar-refractivity contribution in [2.24, 2.45) is 13.0 Å². The van der Waals surface area contributed by atoms with Gasteiger partial charge in [-0.2, -0.15) is 16.4 Å². The second-order valence-corrected chi connectivity index (χ2v) is 7.41. The fourth-order valence-electron chi connectivity index (χ4n) is 3.47. The summed E-state index contributed by atoms with van der Waals surface area (Å²) in [5.74, 6) is 0.914. The Hall–Kier alpha value is -1.66. The van der Waals surface area contributed by atoms with Crippen LogP contribution in [-0.2, 0) is 18.4 Å². The van der Waals surface area contributed by atoms with Crippen molar-refractivity contribution in [2.75, 3.05) is 26.2 Å². The molecule has 0 bridgehead atoms. The first kappa shape index (κ1) is 14.9. The van der Waals surface area contributed by atoms with Gasteiger partial charge in [-0.3, -0.25) is 14.4 Å². The molecule has 23 heavy (non-hydrogen) atoms. The van der Waals surface area contributed by atoms with Gasteiger partial charge in [-0.15, -0.1) is 0 Å². The van der Waals surface area contributed by atoms with Gasteiger partial charge in [0.1, 0.15) is 0 Å². The molecule has 4 rings (SSSR count). The first-order valence-corrected chi connectivity index (χ1v) is 9.16. The maximum Gasteiger partial charge on any atom is 0.226 e. The van der Waals surface area contributed by atoms with Crippen LogP contribution in [0.1, 0.15) is 23.5 Å². The molecule has 1 aliphatic carbocycles. The molecular weight excluding hydrogens is 308 g/mol.